The molecular formula is C17H19N3O3SZn. The third-order valence-electron chi connectivity index (χ3n) is 3.90. The van der Waals surface area contributed by atoms with E-state index in [0.717, 1.165) is 33.6 Å². The van der Waals surface area contributed by atoms with E-state index in [1.54, 1.807) is 20.4 Å². The number of pyridine rings is 1. The van der Waals surface area contributed by atoms with Crippen molar-refractivity contribution in [2.45, 2.75) is 24.8 Å². The van der Waals surface area contributed by atoms with E-state index in [1.807, 2.05) is 32.0 Å². The molecule has 0 fully saturated rings. The van der Waals surface area contributed by atoms with Gasteiger partial charge >= 0.3 is 5.16 Å². The standard InChI is InChI=1S/C17H19N3O3S.Zn/c1-10-8-18-15(11(2)16(10)23-4)9-24(21)17-19-13-6-5-12(22-3)7-14(13)20-17;/h5-8H,9H2,1-4H3,(H,19,20);. The molecule has 0 saturated heterocycles. The molecule has 1 N–H and O–H groups in total. The summed E-state index contributed by atoms with van der Waals surface area (Å²) in [7, 11) is 3.23. The maximum Gasteiger partial charge on any atom is 0.322 e. The summed E-state index contributed by atoms with van der Waals surface area (Å²) >= 11 is -1.33. The maximum absolute atomic E-state index is 12.7. The predicted molar refractivity (Wildman–Crippen MR) is 93.0 cm³/mol. The largest absolute Gasteiger partial charge is 0.609 e. The molecule has 3 rings (SSSR count). The molecule has 2 heterocycles. The zero-order valence-electron chi connectivity index (χ0n) is 14.8. The summed E-state index contributed by atoms with van der Waals surface area (Å²) in [6, 6.07) is 5.51. The minimum absolute atomic E-state index is 0. The number of aromatic amines is 1. The van der Waals surface area contributed by atoms with Gasteiger partial charge in [0.05, 0.1) is 30.9 Å². The van der Waals surface area contributed by atoms with Gasteiger partial charge in [-0.25, -0.2) is 0 Å². The van der Waals surface area contributed by atoms with Gasteiger partial charge in [0.1, 0.15) is 11.5 Å². The molecule has 25 heavy (non-hydrogen) atoms. The second kappa shape index (κ2) is 8.17. The third-order valence-corrected chi connectivity index (χ3v) is 5.06. The minimum Gasteiger partial charge on any atom is -0.609 e. The van der Waals surface area contributed by atoms with Gasteiger partial charge in [-0.1, -0.05) is 0 Å². The van der Waals surface area contributed by atoms with Crippen molar-refractivity contribution in [3.63, 3.8) is 0 Å². The van der Waals surface area contributed by atoms with Crippen molar-refractivity contribution in [1.82, 2.24) is 15.0 Å². The number of aryl methyl sites for hydroxylation is 1. The van der Waals surface area contributed by atoms with Crippen LogP contribution in [0.25, 0.3) is 11.0 Å². The molecule has 1 atom stereocenters. The Morgan fingerprint density at radius 1 is 1.20 bits per heavy atom. The first-order valence-corrected chi connectivity index (χ1v) is 8.76. The quantitative estimate of drug-likeness (QED) is 0.516. The van der Waals surface area contributed by atoms with E-state index in [-0.39, 0.29) is 25.2 Å². The number of fused-ring (bicyclic) bond motifs is 1. The van der Waals surface area contributed by atoms with Gasteiger partial charge in [-0.15, -0.1) is 0 Å². The molecule has 0 bridgehead atoms. The first-order valence-electron chi connectivity index (χ1n) is 7.44. The molecule has 1 aromatic carbocycles. The summed E-state index contributed by atoms with van der Waals surface area (Å²) in [6.07, 6.45) is 1.74. The average Bonchev–Trinajstić information content (AvgIpc) is 3.01. The van der Waals surface area contributed by atoms with Crippen LogP contribution in [0.1, 0.15) is 16.8 Å². The number of nitrogens with one attached hydrogen (secondary N) is 1. The average molecular weight is 411 g/mol. The Kier molecular flexibility index (Phi) is 6.43. The van der Waals surface area contributed by atoms with Crippen molar-refractivity contribution >= 4 is 22.2 Å². The molecular weight excluding hydrogens is 392 g/mol. The van der Waals surface area contributed by atoms with E-state index in [0.29, 0.717) is 10.9 Å². The van der Waals surface area contributed by atoms with Gasteiger partial charge in [0.15, 0.2) is 5.75 Å². The molecule has 0 spiro atoms. The van der Waals surface area contributed by atoms with E-state index in [1.165, 1.54) is 0 Å². The van der Waals surface area contributed by atoms with Gasteiger partial charge < -0.3 is 14.0 Å². The Balaban J connectivity index is 0.00000225. The van der Waals surface area contributed by atoms with E-state index in [4.69, 9.17) is 9.47 Å². The van der Waals surface area contributed by atoms with Crippen molar-refractivity contribution in [1.29, 1.82) is 0 Å². The van der Waals surface area contributed by atoms with Crippen LogP contribution in [0.4, 0.5) is 0 Å². The summed E-state index contributed by atoms with van der Waals surface area (Å²) in [5.74, 6) is 1.78. The Morgan fingerprint density at radius 2 is 1.96 bits per heavy atom. The van der Waals surface area contributed by atoms with Crippen LogP contribution in [-0.2, 0) is 36.4 Å². The molecule has 3 aromatic rings. The van der Waals surface area contributed by atoms with E-state index in [9.17, 15) is 4.55 Å². The zero-order chi connectivity index (χ0) is 17.3. The van der Waals surface area contributed by atoms with E-state index < -0.39 is 11.2 Å². The molecule has 128 valence electrons. The summed E-state index contributed by atoms with van der Waals surface area (Å²) in [5, 5.41) is 0.430. The van der Waals surface area contributed by atoms with Gasteiger partial charge in [-0.05, 0) is 26.0 Å². The van der Waals surface area contributed by atoms with Crippen molar-refractivity contribution in [2.24, 2.45) is 0 Å². The van der Waals surface area contributed by atoms with Gasteiger partial charge in [-0.2, -0.15) is 4.98 Å². The smallest absolute Gasteiger partial charge is 0.322 e. The first-order chi connectivity index (χ1) is 11.5. The molecule has 0 aliphatic heterocycles. The van der Waals surface area contributed by atoms with Crippen LogP contribution in [-0.4, -0.2) is 33.7 Å². The molecule has 0 aliphatic carbocycles. The van der Waals surface area contributed by atoms with Gasteiger partial charge in [-0.3, -0.25) is 9.97 Å². The fourth-order valence-electron chi connectivity index (χ4n) is 2.61. The molecule has 6 nitrogen and oxygen atoms in total. The Bertz CT molecular complexity index is 885. The summed E-state index contributed by atoms with van der Waals surface area (Å²) in [6.45, 7) is 3.86. The summed E-state index contributed by atoms with van der Waals surface area (Å²) < 4.78 is 23.3. The second-order valence-electron chi connectivity index (χ2n) is 5.46. The molecule has 2 aromatic heterocycles. The van der Waals surface area contributed by atoms with Crippen LogP contribution in [0.3, 0.4) is 0 Å². The number of nitrogens with zero attached hydrogens (tertiary/aromatic N) is 2. The number of hydrogen-bond donors (Lipinski definition) is 1. The molecule has 1 unspecified atom stereocenters. The van der Waals surface area contributed by atoms with Crippen LogP contribution in [0, 0.1) is 13.8 Å². The summed E-state index contributed by atoms with van der Waals surface area (Å²) in [4.78, 5) is 11.9. The van der Waals surface area contributed by atoms with Crippen LogP contribution < -0.4 is 9.47 Å². The normalized spacial score (nSPS) is 11.9. The predicted octanol–water partition coefficient (Wildman–Crippen LogP) is 2.90. The van der Waals surface area contributed by atoms with Crippen molar-refractivity contribution < 1.29 is 33.5 Å². The Hall–Kier alpha value is -1.63. The molecule has 0 amide bonds. The SMILES string of the molecule is COc1ccc2[nH]c([S+]([O-])Cc3ncc(C)c(OC)c3C)nc2c1.[Zn]. The number of H-pyrrole nitrogens is 1. The Labute approximate surface area is 162 Å². The number of methoxy groups -OCH3 is 2. The molecule has 0 radical (unpaired) electrons. The number of imidazole rings is 1. The van der Waals surface area contributed by atoms with E-state index >= 15 is 0 Å². The molecule has 0 aliphatic rings. The number of ether oxygens (including phenoxy) is 2. The Morgan fingerprint density at radius 3 is 2.64 bits per heavy atom. The molecule has 0 saturated carbocycles. The monoisotopic (exact) mass is 409 g/mol. The van der Waals surface area contributed by atoms with Gasteiger partial charge in [0, 0.05) is 54.0 Å². The van der Waals surface area contributed by atoms with E-state index in [2.05, 4.69) is 15.0 Å². The topological polar surface area (TPSA) is 83.1 Å². The summed E-state index contributed by atoms with van der Waals surface area (Å²) in [5.41, 5.74) is 4.16. The minimum atomic E-state index is -1.33. The van der Waals surface area contributed by atoms with Crippen molar-refractivity contribution in [3.05, 3.63) is 41.2 Å². The number of aromatic nitrogens is 3. The maximum atomic E-state index is 12.7. The van der Waals surface area contributed by atoms with Crippen LogP contribution in [0.2, 0.25) is 0 Å². The van der Waals surface area contributed by atoms with Gasteiger partial charge in [0.2, 0.25) is 0 Å². The number of benzene rings is 1. The van der Waals surface area contributed by atoms with Crippen LogP contribution in [0.5, 0.6) is 11.5 Å². The first kappa shape index (κ1) is 19.7. The van der Waals surface area contributed by atoms with Crippen LogP contribution >= 0.6 is 0 Å². The zero-order valence-corrected chi connectivity index (χ0v) is 18.5. The fraction of sp³-hybridized carbons (Fsp3) is 0.294. The van der Waals surface area contributed by atoms with Gasteiger partial charge in [0.25, 0.3) is 0 Å². The van der Waals surface area contributed by atoms with Crippen LogP contribution in [0.15, 0.2) is 29.6 Å². The van der Waals surface area contributed by atoms with Crippen molar-refractivity contribution in [2.75, 3.05) is 14.2 Å². The second-order valence-corrected chi connectivity index (χ2v) is 6.83. The fourth-order valence-corrected chi connectivity index (χ4v) is 3.71. The molecule has 8 heteroatoms. The third kappa shape index (κ3) is 3.97. The number of hydrogen-bond acceptors (Lipinski definition) is 5. The number of rotatable bonds is 5. The van der Waals surface area contributed by atoms with Crippen molar-refractivity contribution in [3.8, 4) is 11.5 Å².